The minimum Gasteiger partial charge on any atom is -0.505 e. The van der Waals surface area contributed by atoms with Crippen LogP contribution in [0.1, 0.15) is 29.8 Å². The van der Waals surface area contributed by atoms with Crippen molar-refractivity contribution >= 4 is 55.5 Å². The van der Waals surface area contributed by atoms with Crippen LogP contribution >= 0.6 is 11.6 Å². The highest BCUT2D eigenvalue weighted by Gasteiger charge is 2.21. The lowest BCUT2D eigenvalue weighted by atomic mass is 10.0. The second-order valence-electron chi connectivity index (χ2n) is 8.18. The zero-order chi connectivity index (χ0) is 27.4. The number of fused-ring (bicyclic) bond motifs is 1. The van der Waals surface area contributed by atoms with E-state index in [1.54, 1.807) is 61.5 Å². The van der Waals surface area contributed by atoms with Crippen LogP contribution in [0.5, 0.6) is 11.5 Å². The van der Waals surface area contributed by atoms with Gasteiger partial charge in [0, 0.05) is 21.7 Å². The molecule has 4 aromatic rings. The molecule has 0 saturated heterocycles. The van der Waals surface area contributed by atoms with Crippen molar-refractivity contribution in [1.82, 2.24) is 0 Å². The van der Waals surface area contributed by atoms with Gasteiger partial charge in [0.2, 0.25) is 0 Å². The molecule has 38 heavy (non-hydrogen) atoms. The Morgan fingerprint density at radius 3 is 2.39 bits per heavy atom. The van der Waals surface area contributed by atoms with E-state index in [9.17, 15) is 22.9 Å². The van der Waals surface area contributed by atoms with Crippen molar-refractivity contribution in [3.05, 3.63) is 82.9 Å². The molecule has 0 aliphatic rings. The van der Waals surface area contributed by atoms with Crippen LogP contribution < -0.4 is 10.1 Å². The third kappa shape index (κ3) is 5.77. The number of azo groups is 1. The molecule has 0 unspecified atom stereocenters. The molecule has 4 rings (SSSR count). The molecule has 0 heterocycles. The predicted octanol–water partition coefficient (Wildman–Crippen LogP) is 7.07. The molecule has 0 atom stereocenters. The van der Waals surface area contributed by atoms with Gasteiger partial charge in [-0.2, -0.15) is 13.5 Å². The molecule has 0 aliphatic carbocycles. The second-order valence-corrected chi connectivity index (χ2v) is 10.0. The number of rotatable bonds is 8. The molecule has 0 aromatic heterocycles. The molecule has 0 bridgehead atoms. The van der Waals surface area contributed by atoms with Crippen molar-refractivity contribution in [3.63, 3.8) is 0 Å². The maximum absolute atomic E-state index is 13.1. The minimum absolute atomic E-state index is 0.00961. The number of carbonyl (C=O) groups is 1. The molecule has 0 aliphatic heterocycles. The maximum Gasteiger partial charge on any atom is 0.294 e. The van der Waals surface area contributed by atoms with Crippen molar-refractivity contribution in [2.75, 3.05) is 11.9 Å². The third-order valence-electron chi connectivity index (χ3n) is 5.70. The highest BCUT2D eigenvalue weighted by molar-refractivity contribution is 7.85. The highest BCUT2D eigenvalue weighted by atomic mass is 35.5. The Bertz CT molecular complexity index is 1650. The van der Waals surface area contributed by atoms with Gasteiger partial charge in [-0.1, -0.05) is 42.8 Å². The first kappa shape index (κ1) is 27.1. The second kappa shape index (κ2) is 11.2. The van der Waals surface area contributed by atoms with Crippen molar-refractivity contribution in [1.29, 1.82) is 0 Å². The number of hydrogen-bond donors (Lipinski definition) is 3. The number of anilines is 1. The number of carbonyl (C=O) groups excluding carboxylic acids is 1. The number of ether oxygens (including phenoxy) is 1. The van der Waals surface area contributed by atoms with Gasteiger partial charge in [-0.25, -0.2) is 0 Å². The first-order valence-corrected chi connectivity index (χ1v) is 13.4. The van der Waals surface area contributed by atoms with Crippen molar-refractivity contribution in [3.8, 4) is 11.5 Å². The van der Waals surface area contributed by atoms with E-state index in [-0.39, 0.29) is 38.8 Å². The topological polar surface area (TPSA) is 138 Å². The van der Waals surface area contributed by atoms with E-state index < -0.39 is 21.8 Å². The van der Waals surface area contributed by atoms with Crippen LogP contribution in [0.4, 0.5) is 17.1 Å². The summed E-state index contributed by atoms with van der Waals surface area (Å²) in [5.74, 6) is -0.322. The van der Waals surface area contributed by atoms with Crippen LogP contribution in [0.25, 0.3) is 10.8 Å². The van der Waals surface area contributed by atoms with Gasteiger partial charge in [-0.3, -0.25) is 9.35 Å². The highest BCUT2D eigenvalue weighted by Crippen LogP contribution is 2.40. The zero-order valence-electron chi connectivity index (χ0n) is 20.5. The molecule has 0 saturated carbocycles. The molecular weight excluding hydrogens is 530 g/mol. The first-order chi connectivity index (χ1) is 18.1. The van der Waals surface area contributed by atoms with Crippen molar-refractivity contribution < 1.29 is 27.6 Å². The van der Waals surface area contributed by atoms with E-state index in [4.69, 9.17) is 16.3 Å². The summed E-state index contributed by atoms with van der Waals surface area (Å²) < 4.78 is 38.8. The van der Waals surface area contributed by atoms with Gasteiger partial charge in [-0.05, 0) is 61.2 Å². The summed E-state index contributed by atoms with van der Waals surface area (Å²) in [6.45, 7) is 4.08. The van der Waals surface area contributed by atoms with Crippen LogP contribution in [0, 0.1) is 0 Å². The summed E-state index contributed by atoms with van der Waals surface area (Å²) in [7, 11) is -4.57. The number of nitrogens with zero attached hydrogens (tertiary/aromatic N) is 2. The van der Waals surface area contributed by atoms with Crippen molar-refractivity contribution in [2.45, 2.75) is 25.2 Å². The number of nitrogens with one attached hydrogen (secondary N) is 1. The monoisotopic (exact) mass is 553 g/mol. The fraction of sp³-hybridized carbons (Fsp3) is 0.148. The smallest absolute Gasteiger partial charge is 0.294 e. The van der Waals surface area contributed by atoms with Gasteiger partial charge < -0.3 is 15.2 Å². The van der Waals surface area contributed by atoms with Gasteiger partial charge in [0.1, 0.15) is 16.3 Å². The lowest BCUT2D eigenvalue weighted by molar-refractivity contribution is 0.102. The summed E-state index contributed by atoms with van der Waals surface area (Å²) in [5.41, 5.74) is 0.773. The Morgan fingerprint density at radius 1 is 1.03 bits per heavy atom. The lowest BCUT2D eigenvalue weighted by Crippen LogP contribution is -2.12. The summed E-state index contributed by atoms with van der Waals surface area (Å²) in [6, 6.07) is 17.9. The Hall–Kier alpha value is -3.99. The summed E-state index contributed by atoms with van der Waals surface area (Å²) in [5, 5.41) is 23.4. The molecule has 9 nitrogen and oxygen atoms in total. The zero-order valence-corrected chi connectivity index (χ0v) is 22.0. The van der Waals surface area contributed by atoms with Crippen LogP contribution in [0.15, 0.2) is 81.9 Å². The summed E-state index contributed by atoms with van der Waals surface area (Å²) in [6.07, 6.45) is 0.206. The predicted molar refractivity (Wildman–Crippen MR) is 146 cm³/mol. The number of phenols is 1. The number of halogens is 1. The van der Waals surface area contributed by atoms with Crippen molar-refractivity contribution in [2.24, 2.45) is 10.2 Å². The van der Waals surface area contributed by atoms with Crippen LogP contribution in [-0.2, 0) is 16.5 Å². The van der Waals surface area contributed by atoms with E-state index >= 15 is 0 Å². The van der Waals surface area contributed by atoms with Gasteiger partial charge in [0.15, 0.2) is 5.75 Å². The molecule has 1 amide bonds. The molecule has 0 spiro atoms. The summed E-state index contributed by atoms with van der Waals surface area (Å²) >= 11 is 6.08. The number of benzene rings is 4. The normalized spacial score (nSPS) is 11.7. The Balaban J connectivity index is 1.78. The van der Waals surface area contributed by atoms with E-state index in [0.717, 1.165) is 6.07 Å². The van der Waals surface area contributed by atoms with Crippen LogP contribution in [0.2, 0.25) is 5.02 Å². The third-order valence-corrected chi connectivity index (χ3v) is 6.84. The Kier molecular flexibility index (Phi) is 7.96. The SMILES string of the molecule is CCOc1ccc(NC(=O)c2cc3ccccc3c(N=Nc3cc(Cl)cc(S(=O)(=O)O)c3CC)c2O)cc1. The Labute approximate surface area is 224 Å². The first-order valence-electron chi connectivity index (χ1n) is 11.6. The minimum atomic E-state index is -4.57. The van der Waals surface area contributed by atoms with Gasteiger partial charge in [0.05, 0.1) is 17.9 Å². The van der Waals surface area contributed by atoms with E-state index in [1.165, 1.54) is 6.07 Å². The number of amides is 1. The quantitative estimate of drug-likeness (QED) is 0.157. The molecular formula is C27H24ClN3O6S. The Morgan fingerprint density at radius 2 is 1.74 bits per heavy atom. The lowest BCUT2D eigenvalue weighted by Gasteiger charge is -2.12. The van der Waals surface area contributed by atoms with Gasteiger partial charge in [0.25, 0.3) is 16.0 Å². The molecule has 11 heteroatoms. The fourth-order valence-corrected chi connectivity index (χ4v) is 5.08. The number of hydrogen-bond acceptors (Lipinski definition) is 7. The number of phenolic OH excluding ortho intramolecular Hbond substituents is 1. The molecule has 3 N–H and O–H groups in total. The van der Waals surface area contributed by atoms with E-state index in [1.807, 2.05) is 6.92 Å². The standard InChI is InChI=1S/C27H24ClN3O6S/c1-3-20-23(14-17(28)15-24(20)38(34,35)36)30-31-25-21-8-6-5-7-16(21)13-22(26(25)32)27(33)29-18-9-11-19(12-10-18)37-4-2/h5-15,32H,3-4H2,1-2H3,(H,29,33)(H,34,35,36). The molecule has 0 radical (unpaired) electrons. The molecule has 196 valence electrons. The van der Waals surface area contributed by atoms with Crippen LogP contribution in [0.3, 0.4) is 0 Å². The summed E-state index contributed by atoms with van der Waals surface area (Å²) in [4.78, 5) is 12.8. The van der Waals surface area contributed by atoms with Gasteiger partial charge in [-0.15, -0.1) is 5.11 Å². The molecule has 4 aromatic carbocycles. The van der Waals surface area contributed by atoms with Gasteiger partial charge >= 0.3 is 0 Å². The number of aromatic hydroxyl groups is 1. The van der Waals surface area contributed by atoms with Crippen LogP contribution in [-0.4, -0.2) is 30.6 Å². The van der Waals surface area contributed by atoms with E-state index in [2.05, 4.69) is 15.5 Å². The largest absolute Gasteiger partial charge is 0.505 e. The fourth-order valence-electron chi connectivity index (χ4n) is 3.97. The maximum atomic E-state index is 13.1. The van der Waals surface area contributed by atoms with E-state index in [0.29, 0.717) is 28.8 Å². The molecule has 0 fully saturated rings. The average molecular weight is 554 g/mol. The average Bonchev–Trinajstić information content (AvgIpc) is 2.88.